The lowest BCUT2D eigenvalue weighted by Crippen LogP contribution is -2.50. The number of hydrogen-bond acceptors (Lipinski definition) is 5. The van der Waals surface area contributed by atoms with Crippen molar-refractivity contribution in [3.05, 3.63) is 47.8 Å². The largest absolute Gasteiger partial charge is 0.467 e. The summed E-state index contributed by atoms with van der Waals surface area (Å²) < 4.78 is 4.66. The lowest BCUT2D eigenvalue weighted by atomic mass is 9.97. The molecule has 24 heavy (non-hydrogen) atoms. The highest BCUT2D eigenvalue weighted by atomic mass is 16.5. The molecule has 0 bridgehead atoms. The smallest absolute Gasteiger partial charge is 0.328 e. The number of pyridine rings is 1. The van der Waals surface area contributed by atoms with E-state index in [1.165, 1.54) is 7.11 Å². The lowest BCUT2D eigenvalue weighted by molar-refractivity contribution is -0.142. The van der Waals surface area contributed by atoms with Crippen molar-refractivity contribution in [2.45, 2.75) is 25.4 Å². The zero-order valence-electron chi connectivity index (χ0n) is 13.5. The Kier molecular flexibility index (Phi) is 4.45. The van der Waals surface area contributed by atoms with E-state index in [9.17, 15) is 9.59 Å². The summed E-state index contributed by atoms with van der Waals surface area (Å²) in [5.74, 6) is -0.487. The molecule has 8 heteroatoms. The molecule has 0 aromatic carbocycles. The van der Waals surface area contributed by atoms with Crippen LogP contribution in [-0.4, -0.2) is 51.5 Å². The molecule has 0 saturated carbocycles. The van der Waals surface area contributed by atoms with Gasteiger partial charge in [0.05, 0.1) is 19.1 Å². The minimum absolute atomic E-state index is 0.338. The third kappa shape index (κ3) is 2.94. The number of nitrogens with zero attached hydrogens (tertiary/aromatic N) is 3. The highest BCUT2D eigenvalue weighted by molar-refractivity contribution is 5.83. The van der Waals surface area contributed by atoms with Gasteiger partial charge in [-0.3, -0.25) is 4.98 Å². The molecule has 2 amide bonds. The number of H-pyrrole nitrogens is 1. The summed E-state index contributed by atoms with van der Waals surface area (Å²) in [5, 5.41) is 2.68. The number of carbonyl (C=O) groups is 2. The number of hydrogen-bond donors (Lipinski definition) is 2. The fourth-order valence-electron chi connectivity index (χ4n) is 2.87. The molecule has 3 heterocycles. The van der Waals surface area contributed by atoms with Crippen LogP contribution in [-0.2, 0) is 16.0 Å². The van der Waals surface area contributed by atoms with Gasteiger partial charge in [0.15, 0.2) is 0 Å². The standard InChI is InChI=1S/C16H19N5O3/c1-10(15(22)24-2)20-16(23)21-7-5-12-13(19-9-18-12)14(21)11-4-3-6-17-8-11/h3-4,6,8-10,14H,5,7H2,1-2H3,(H,18,19)(H,20,23)/t10-,14-/m0/s1. The first-order chi connectivity index (χ1) is 11.6. The Morgan fingerprint density at radius 1 is 1.50 bits per heavy atom. The number of esters is 1. The normalized spacial score (nSPS) is 17.8. The Morgan fingerprint density at radius 3 is 3.04 bits per heavy atom. The second-order valence-corrected chi connectivity index (χ2v) is 5.59. The van der Waals surface area contributed by atoms with Gasteiger partial charge in [-0.05, 0) is 18.6 Å². The number of methoxy groups -OCH3 is 1. The van der Waals surface area contributed by atoms with Crippen molar-refractivity contribution in [3.8, 4) is 0 Å². The van der Waals surface area contributed by atoms with E-state index in [0.717, 1.165) is 17.0 Å². The molecule has 1 aliphatic rings. The van der Waals surface area contributed by atoms with E-state index in [1.54, 1.807) is 30.5 Å². The quantitative estimate of drug-likeness (QED) is 0.819. The predicted molar refractivity (Wildman–Crippen MR) is 85.1 cm³/mol. The topological polar surface area (TPSA) is 100 Å². The number of rotatable bonds is 3. The number of urea groups is 1. The Morgan fingerprint density at radius 2 is 2.33 bits per heavy atom. The van der Waals surface area contributed by atoms with Crippen molar-refractivity contribution in [1.82, 2.24) is 25.2 Å². The van der Waals surface area contributed by atoms with E-state index < -0.39 is 12.0 Å². The Labute approximate surface area is 139 Å². The van der Waals surface area contributed by atoms with Gasteiger partial charge in [-0.2, -0.15) is 0 Å². The summed E-state index contributed by atoms with van der Waals surface area (Å²) in [6.45, 7) is 2.10. The van der Waals surface area contributed by atoms with Gasteiger partial charge in [0.25, 0.3) is 0 Å². The van der Waals surface area contributed by atoms with Crippen LogP contribution in [0, 0.1) is 0 Å². The number of aromatic nitrogens is 3. The number of fused-ring (bicyclic) bond motifs is 1. The molecule has 3 rings (SSSR count). The second kappa shape index (κ2) is 6.69. The first-order valence-electron chi connectivity index (χ1n) is 7.69. The van der Waals surface area contributed by atoms with E-state index in [0.29, 0.717) is 13.0 Å². The van der Waals surface area contributed by atoms with Crippen molar-refractivity contribution in [2.24, 2.45) is 0 Å². The molecule has 8 nitrogen and oxygen atoms in total. The third-order valence-electron chi connectivity index (χ3n) is 4.08. The minimum atomic E-state index is -0.724. The number of aromatic amines is 1. The first kappa shape index (κ1) is 16.0. The molecule has 0 fully saturated rings. The summed E-state index contributed by atoms with van der Waals surface area (Å²) in [4.78, 5) is 37.6. The number of carbonyl (C=O) groups excluding carboxylic acids is 2. The highest BCUT2D eigenvalue weighted by Crippen LogP contribution is 2.32. The molecular weight excluding hydrogens is 310 g/mol. The van der Waals surface area contributed by atoms with Crippen molar-refractivity contribution in [1.29, 1.82) is 0 Å². The van der Waals surface area contributed by atoms with Crippen LogP contribution in [0.2, 0.25) is 0 Å². The molecular formula is C16H19N5O3. The van der Waals surface area contributed by atoms with Crippen LogP contribution in [0.5, 0.6) is 0 Å². The zero-order valence-corrected chi connectivity index (χ0v) is 13.5. The monoisotopic (exact) mass is 329 g/mol. The maximum absolute atomic E-state index is 12.7. The number of nitrogens with one attached hydrogen (secondary N) is 2. The molecule has 0 spiro atoms. The molecule has 0 unspecified atom stereocenters. The molecule has 2 N–H and O–H groups in total. The predicted octanol–water partition coefficient (Wildman–Crippen LogP) is 1.02. The van der Waals surface area contributed by atoms with Crippen molar-refractivity contribution in [3.63, 3.8) is 0 Å². The van der Waals surface area contributed by atoms with Crippen LogP contribution in [0.25, 0.3) is 0 Å². The van der Waals surface area contributed by atoms with Crippen molar-refractivity contribution < 1.29 is 14.3 Å². The summed E-state index contributed by atoms with van der Waals surface area (Å²) >= 11 is 0. The van der Waals surface area contributed by atoms with Gasteiger partial charge in [-0.25, -0.2) is 14.6 Å². The molecule has 0 radical (unpaired) electrons. The first-order valence-corrected chi connectivity index (χ1v) is 7.69. The van der Waals surface area contributed by atoms with E-state index in [1.807, 2.05) is 12.1 Å². The molecule has 2 aromatic heterocycles. The Bertz CT molecular complexity index is 730. The maximum Gasteiger partial charge on any atom is 0.328 e. The second-order valence-electron chi connectivity index (χ2n) is 5.59. The van der Waals surface area contributed by atoms with Gasteiger partial charge in [-0.15, -0.1) is 0 Å². The zero-order chi connectivity index (χ0) is 17.1. The third-order valence-corrected chi connectivity index (χ3v) is 4.08. The number of ether oxygens (including phenoxy) is 1. The molecule has 0 saturated heterocycles. The molecule has 2 atom stereocenters. The molecule has 126 valence electrons. The van der Waals surface area contributed by atoms with Gasteiger partial charge in [-0.1, -0.05) is 6.07 Å². The summed E-state index contributed by atoms with van der Waals surface area (Å²) in [7, 11) is 1.29. The van der Waals surface area contributed by atoms with Gasteiger partial charge in [0, 0.05) is 31.1 Å². The summed E-state index contributed by atoms with van der Waals surface area (Å²) in [5.41, 5.74) is 2.68. The highest BCUT2D eigenvalue weighted by Gasteiger charge is 2.35. The minimum Gasteiger partial charge on any atom is -0.467 e. The van der Waals surface area contributed by atoms with Crippen LogP contribution in [0.15, 0.2) is 30.9 Å². The maximum atomic E-state index is 12.7. The summed E-state index contributed by atoms with van der Waals surface area (Å²) in [6.07, 6.45) is 5.71. The Hall–Kier alpha value is -2.90. The van der Waals surface area contributed by atoms with E-state index in [4.69, 9.17) is 0 Å². The lowest BCUT2D eigenvalue weighted by Gasteiger charge is -2.35. The fourth-order valence-corrected chi connectivity index (χ4v) is 2.87. The number of amides is 2. The van der Waals surface area contributed by atoms with Crippen LogP contribution < -0.4 is 5.32 Å². The van der Waals surface area contributed by atoms with Gasteiger partial charge in [0.1, 0.15) is 12.1 Å². The number of imidazole rings is 1. The van der Waals surface area contributed by atoms with Crippen molar-refractivity contribution >= 4 is 12.0 Å². The van der Waals surface area contributed by atoms with E-state index >= 15 is 0 Å². The average Bonchev–Trinajstić information content (AvgIpc) is 3.09. The molecule has 2 aromatic rings. The average molecular weight is 329 g/mol. The van der Waals surface area contributed by atoms with Crippen LogP contribution >= 0.6 is 0 Å². The van der Waals surface area contributed by atoms with Gasteiger partial charge >= 0.3 is 12.0 Å². The van der Waals surface area contributed by atoms with E-state index in [2.05, 4.69) is 25.0 Å². The molecule has 1 aliphatic heterocycles. The SMILES string of the molecule is COC(=O)[C@H](C)NC(=O)N1CCc2[nH]cnc2[C@@H]1c1cccnc1. The fraction of sp³-hybridized carbons (Fsp3) is 0.375. The van der Waals surface area contributed by atoms with Crippen LogP contribution in [0.3, 0.4) is 0 Å². The van der Waals surface area contributed by atoms with Crippen LogP contribution in [0.4, 0.5) is 4.79 Å². The van der Waals surface area contributed by atoms with Crippen LogP contribution in [0.1, 0.15) is 29.9 Å². The van der Waals surface area contributed by atoms with Gasteiger partial charge < -0.3 is 19.9 Å². The summed E-state index contributed by atoms with van der Waals surface area (Å²) in [6, 6.07) is 2.32. The van der Waals surface area contributed by atoms with E-state index in [-0.39, 0.29) is 12.1 Å². The van der Waals surface area contributed by atoms with Crippen molar-refractivity contribution in [2.75, 3.05) is 13.7 Å². The Balaban J connectivity index is 1.89. The van der Waals surface area contributed by atoms with Gasteiger partial charge in [0.2, 0.25) is 0 Å². The molecule has 0 aliphatic carbocycles.